The number of pyridine rings is 1. The van der Waals surface area contributed by atoms with E-state index in [0.717, 1.165) is 4.47 Å². The molecule has 0 aliphatic heterocycles. The Morgan fingerprint density at radius 3 is 2.55 bits per heavy atom. The SMILES string of the molecule is N/C(=N/O)c1ccc(NC(=O)c2cncc(Br)c2)cc1. The van der Waals surface area contributed by atoms with Gasteiger partial charge in [0.1, 0.15) is 0 Å². The summed E-state index contributed by atoms with van der Waals surface area (Å²) in [5, 5.41) is 14.2. The van der Waals surface area contributed by atoms with Crippen LogP contribution in [-0.2, 0) is 0 Å². The van der Waals surface area contributed by atoms with Crippen LogP contribution in [0.4, 0.5) is 5.69 Å². The van der Waals surface area contributed by atoms with Gasteiger partial charge in [-0.3, -0.25) is 9.78 Å². The Labute approximate surface area is 123 Å². The van der Waals surface area contributed by atoms with Crippen molar-refractivity contribution >= 4 is 33.4 Å². The molecule has 0 saturated carbocycles. The third-order valence-electron chi connectivity index (χ3n) is 2.51. The van der Waals surface area contributed by atoms with Crippen LogP contribution in [0.15, 0.2) is 52.4 Å². The minimum atomic E-state index is -0.268. The van der Waals surface area contributed by atoms with Gasteiger partial charge in [0.15, 0.2) is 5.84 Å². The molecule has 0 radical (unpaired) electrons. The monoisotopic (exact) mass is 334 g/mol. The number of halogens is 1. The molecule has 4 N–H and O–H groups in total. The molecule has 0 aliphatic carbocycles. The van der Waals surface area contributed by atoms with Crippen molar-refractivity contribution in [3.63, 3.8) is 0 Å². The Morgan fingerprint density at radius 1 is 1.25 bits per heavy atom. The van der Waals surface area contributed by atoms with Gasteiger partial charge in [0.05, 0.1) is 5.56 Å². The first-order valence-electron chi connectivity index (χ1n) is 5.60. The highest BCUT2D eigenvalue weighted by molar-refractivity contribution is 9.10. The summed E-state index contributed by atoms with van der Waals surface area (Å²) in [4.78, 5) is 15.9. The maximum Gasteiger partial charge on any atom is 0.257 e. The molecule has 7 heteroatoms. The minimum absolute atomic E-state index is 0.0130. The molecule has 20 heavy (non-hydrogen) atoms. The largest absolute Gasteiger partial charge is 0.409 e. The molecule has 1 aromatic carbocycles. The highest BCUT2D eigenvalue weighted by atomic mass is 79.9. The summed E-state index contributed by atoms with van der Waals surface area (Å²) in [5.41, 5.74) is 7.06. The van der Waals surface area contributed by atoms with E-state index < -0.39 is 0 Å². The second kappa shape index (κ2) is 6.16. The first-order valence-corrected chi connectivity index (χ1v) is 6.39. The van der Waals surface area contributed by atoms with Gasteiger partial charge < -0.3 is 16.3 Å². The summed E-state index contributed by atoms with van der Waals surface area (Å²) in [7, 11) is 0. The van der Waals surface area contributed by atoms with E-state index in [1.165, 1.54) is 6.20 Å². The fraction of sp³-hybridized carbons (Fsp3) is 0. The molecule has 1 amide bonds. The number of nitrogens with one attached hydrogen (secondary N) is 1. The fourth-order valence-electron chi connectivity index (χ4n) is 1.52. The number of hydrogen-bond donors (Lipinski definition) is 3. The van der Waals surface area contributed by atoms with E-state index in [-0.39, 0.29) is 11.7 Å². The molecule has 1 heterocycles. The quantitative estimate of drug-likeness (QED) is 0.346. The van der Waals surface area contributed by atoms with Crippen LogP contribution in [0.1, 0.15) is 15.9 Å². The van der Waals surface area contributed by atoms with E-state index in [4.69, 9.17) is 10.9 Å². The molecule has 0 bridgehead atoms. The molecule has 0 aliphatic rings. The number of rotatable bonds is 3. The Balaban J connectivity index is 2.12. The number of anilines is 1. The van der Waals surface area contributed by atoms with Gasteiger partial charge in [-0.15, -0.1) is 0 Å². The molecule has 1 aromatic heterocycles. The predicted octanol–water partition coefficient (Wildman–Crippen LogP) is 2.19. The standard InChI is InChI=1S/C13H11BrN4O2/c14-10-5-9(6-16-7-10)13(19)17-11-3-1-8(2-4-11)12(15)18-20/h1-7,20H,(H2,15,18)(H,17,19). The lowest BCUT2D eigenvalue weighted by molar-refractivity contribution is 0.102. The van der Waals surface area contributed by atoms with Crippen molar-refractivity contribution < 1.29 is 10.0 Å². The predicted molar refractivity (Wildman–Crippen MR) is 78.8 cm³/mol. The van der Waals surface area contributed by atoms with Gasteiger partial charge in [-0.25, -0.2) is 0 Å². The summed E-state index contributed by atoms with van der Waals surface area (Å²) in [6.45, 7) is 0. The van der Waals surface area contributed by atoms with Crippen molar-refractivity contribution in [1.29, 1.82) is 0 Å². The fourth-order valence-corrected chi connectivity index (χ4v) is 1.89. The molecule has 0 fully saturated rings. The highest BCUT2D eigenvalue weighted by Gasteiger charge is 2.07. The van der Waals surface area contributed by atoms with Crippen LogP contribution in [0.2, 0.25) is 0 Å². The van der Waals surface area contributed by atoms with Crippen molar-refractivity contribution in [1.82, 2.24) is 4.98 Å². The maximum absolute atomic E-state index is 12.0. The van der Waals surface area contributed by atoms with Crippen LogP contribution in [0, 0.1) is 0 Å². The number of nitrogens with zero attached hydrogens (tertiary/aromatic N) is 2. The number of benzene rings is 1. The Morgan fingerprint density at radius 2 is 1.95 bits per heavy atom. The molecule has 102 valence electrons. The molecular formula is C13H11BrN4O2. The maximum atomic E-state index is 12.0. The Bertz CT molecular complexity index is 656. The summed E-state index contributed by atoms with van der Waals surface area (Å²) < 4.78 is 0.729. The van der Waals surface area contributed by atoms with Crippen LogP contribution in [0.3, 0.4) is 0 Å². The van der Waals surface area contributed by atoms with Crippen LogP contribution >= 0.6 is 15.9 Å². The number of carbonyl (C=O) groups is 1. The summed E-state index contributed by atoms with van der Waals surface area (Å²) >= 11 is 3.26. The lowest BCUT2D eigenvalue weighted by atomic mass is 10.2. The number of hydrogen-bond acceptors (Lipinski definition) is 4. The van der Waals surface area contributed by atoms with Crippen molar-refractivity contribution in [2.45, 2.75) is 0 Å². The minimum Gasteiger partial charge on any atom is -0.409 e. The highest BCUT2D eigenvalue weighted by Crippen LogP contribution is 2.13. The number of carbonyl (C=O) groups excluding carboxylic acids is 1. The van der Waals surface area contributed by atoms with Gasteiger partial charge in [0, 0.05) is 28.1 Å². The third-order valence-corrected chi connectivity index (χ3v) is 2.95. The zero-order chi connectivity index (χ0) is 14.5. The van der Waals surface area contributed by atoms with Gasteiger partial charge >= 0.3 is 0 Å². The van der Waals surface area contributed by atoms with E-state index in [9.17, 15) is 4.79 Å². The molecular weight excluding hydrogens is 324 g/mol. The van der Waals surface area contributed by atoms with E-state index in [0.29, 0.717) is 16.8 Å². The first-order chi connectivity index (χ1) is 9.60. The second-order valence-corrected chi connectivity index (χ2v) is 4.82. The van der Waals surface area contributed by atoms with Crippen LogP contribution in [0.5, 0.6) is 0 Å². The summed E-state index contributed by atoms with van der Waals surface area (Å²) in [6, 6.07) is 8.29. The Hall–Kier alpha value is -2.41. The molecule has 0 saturated heterocycles. The summed E-state index contributed by atoms with van der Waals surface area (Å²) in [6.07, 6.45) is 3.08. The molecule has 2 rings (SSSR count). The van der Waals surface area contributed by atoms with Gasteiger partial charge in [0.25, 0.3) is 5.91 Å². The molecule has 0 unspecified atom stereocenters. The molecule has 6 nitrogen and oxygen atoms in total. The average Bonchev–Trinajstić information content (AvgIpc) is 2.47. The zero-order valence-electron chi connectivity index (χ0n) is 10.2. The van der Waals surface area contributed by atoms with Crippen molar-refractivity contribution in [3.8, 4) is 0 Å². The Kier molecular flexibility index (Phi) is 4.31. The average molecular weight is 335 g/mol. The number of aromatic nitrogens is 1. The van der Waals surface area contributed by atoms with Gasteiger partial charge in [-0.2, -0.15) is 0 Å². The van der Waals surface area contributed by atoms with E-state index in [1.807, 2.05) is 0 Å². The van der Waals surface area contributed by atoms with Crippen molar-refractivity contribution in [3.05, 3.63) is 58.3 Å². The van der Waals surface area contributed by atoms with Crippen LogP contribution in [0.25, 0.3) is 0 Å². The number of amidine groups is 1. The number of oxime groups is 1. The van der Waals surface area contributed by atoms with Crippen molar-refractivity contribution in [2.24, 2.45) is 10.9 Å². The van der Waals surface area contributed by atoms with Gasteiger partial charge in [-0.1, -0.05) is 5.16 Å². The lowest BCUT2D eigenvalue weighted by Gasteiger charge is -2.06. The lowest BCUT2D eigenvalue weighted by Crippen LogP contribution is -2.14. The zero-order valence-corrected chi connectivity index (χ0v) is 11.8. The third kappa shape index (κ3) is 3.33. The van der Waals surface area contributed by atoms with Crippen LogP contribution in [-0.4, -0.2) is 21.9 Å². The molecule has 0 spiro atoms. The van der Waals surface area contributed by atoms with Gasteiger partial charge in [0.2, 0.25) is 0 Å². The smallest absolute Gasteiger partial charge is 0.257 e. The molecule has 0 atom stereocenters. The number of nitrogens with two attached hydrogens (primary N) is 1. The van der Waals surface area contributed by atoms with Crippen molar-refractivity contribution in [2.75, 3.05) is 5.32 Å². The van der Waals surface area contributed by atoms with Crippen LogP contribution < -0.4 is 11.1 Å². The van der Waals surface area contributed by atoms with E-state index >= 15 is 0 Å². The van der Waals surface area contributed by atoms with Gasteiger partial charge in [-0.05, 0) is 46.3 Å². The second-order valence-electron chi connectivity index (χ2n) is 3.91. The molecule has 2 aromatic rings. The van der Waals surface area contributed by atoms with E-state index in [1.54, 1.807) is 36.5 Å². The first kappa shape index (κ1) is 14.0. The topological polar surface area (TPSA) is 101 Å². The normalized spacial score (nSPS) is 11.2. The summed E-state index contributed by atoms with van der Waals surface area (Å²) in [5.74, 6) is -0.255. The number of amides is 1. The van der Waals surface area contributed by atoms with E-state index in [2.05, 4.69) is 31.4 Å².